The second kappa shape index (κ2) is 7.02. The summed E-state index contributed by atoms with van der Waals surface area (Å²) >= 11 is 0. The molecule has 0 saturated carbocycles. The summed E-state index contributed by atoms with van der Waals surface area (Å²) in [6.07, 6.45) is 8.97. The largest absolute Gasteiger partial charge is 0.348 e. The van der Waals surface area contributed by atoms with Gasteiger partial charge in [-0.1, -0.05) is 38.8 Å². The zero-order chi connectivity index (χ0) is 10.2. The van der Waals surface area contributed by atoms with Crippen molar-refractivity contribution < 1.29 is 9.47 Å². The SMILES string of the molecule is CCCCC(CC)C1OCC=CCO1. The van der Waals surface area contributed by atoms with E-state index in [0.717, 1.165) is 6.42 Å². The molecule has 1 heterocycles. The average Bonchev–Trinajstić information content (AvgIpc) is 2.48. The van der Waals surface area contributed by atoms with E-state index in [4.69, 9.17) is 9.47 Å². The third-order valence-corrected chi connectivity index (χ3v) is 2.72. The van der Waals surface area contributed by atoms with Gasteiger partial charge in [-0.15, -0.1) is 0 Å². The molecule has 1 unspecified atom stereocenters. The van der Waals surface area contributed by atoms with Gasteiger partial charge in [0.25, 0.3) is 0 Å². The van der Waals surface area contributed by atoms with Gasteiger partial charge in [0.2, 0.25) is 0 Å². The van der Waals surface area contributed by atoms with Crippen LogP contribution in [0.2, 0.25) is 0 Å². The van der Waals surface area contributed by atoms with Crippen LogP contribution in [0.4, 0.5) is 0 Å². The second-order valence-electron chi connectivity index (χ2n) is 3.82. The summed E-state index contributed by atoms with van der Waals surface area (Å²) in [5.41, 5.74) is 0. The van der Waals surface area contributed by atoms with Crippen LogP contribution in [0.15, 0.2) is 12.2 Å². The summed E-state index contributed by atoms with van der Waals surface area (Å²) < 4.78 is 11.3. The van der Waals surface area contributed by atoms with Crippen LogP contribution in [0.1, 0.15) is 39.5 Å². The van der Waals surface area contributed by atoms with E-state index in [2.05, 4.69) is 13.8 Å². The molecule has 0 N–H and O–H groups in total. The van der Waals surface area contributed by atoms with Crippen molar-refractivity contribution >= 4 is 0 Å². The molecule has 1 aliphatic heterocycles. The van der Waals surface area contributed by atoms with E-state index in [1.165, 1.54) is 19.3 Å². The highest BCUT2D eigenvalue weighted by molar-refractivity contribution is 4.84. The lowest BCUT2D eigenvalue weighted by Gasteiger charge is -2.24. The van der Waals surface area contributed by atoms with Crippen LogP contribution < -0.4 is 0 Å². The van der Waals surface area contributed by atoms with Crippen LogP contribution in [0.25, 0.3) is 0 Å². The zero-order valence-electron chi connectivity index (χ0n) is 9.37. The maximum Gasteiger partial charge on any atom is 0.161 e. The highest BCUT2D eigenvalue weighted by atomic mass is 16.7. The Morgan fingerprint density at radius 1 is 1.21 bits per heavy atom. The summed E-state index contributed by atoms with van der Waals surface area (Å²) in [6, 6.07) is 0. The minimum absolute atomic E-state index is 0.0153. The Balaban J connectivity index is 2.34. The first-order valence-corrected chi connectivity index (χ1v) is 5.76. The number of rotatable bonds is 5. The molecule has 0 spiro atoms. The van der Waals surface area contributed by atoms with Gasteiger partial charge >= 0.3 is 0 Å². The average molecular weight is 198 g/mol. The van der Waals surface area contributed by atoms with Crippen molar-refractivity contribution in [2.45, 2.75) is 45.8 Å². The molecule has 0 aromatic rings. The van der Waals surface area contributed by atoms with E-state index in [9.17, 15) is 0 Å². The Labute approximate surface area is 87.3 Å². The van der Waals surface area contributed by atoms with Crippen LogP contribution in [0, 0.1) is 5.92 Å². The van der Waals surface area contributed by atoms with Gasteiger partial charge in [-0.3, -0.25) is 0 Å². The van der Waals surface area contributed by atoms with Gasteiger partial charge in [0.15, 0.2) is 6.29 Å². The molecule has 82 valence electrons. The van der Waals surface area contributed by atoms with E-state index in [-0.39, 0.29) is 6.29 Å². The van der Waals surface area contributed by atoms with Gasteiger partial charge in [0, 0.05) is 5.92 Å². The molecular formula is C12H22O2. The Hall–Kier alpha value is -0.340. The van der Waals surface area contributed by atoms with E-state index < -0.39 is 0 Å². The van der Waals surface area contributed by atoms with Crippen LogP contribution in [0.3, 0.4) is 0 Å². The second-order valence-corrected chi connectivity index (χ2v) is 3.82. The van der Waals surface area contributed by atoms with Crippen LogP contribution in [-0.2, 0) is 9.47 Å². The third-order valence-electron chi connectivity index (χ3n) is 2.72. The molecule has 0 fully saturated rings. The van der Waals surface area contributed by atoms with Crippen molar-refractivity contribution in [2.24, 2.45) is 5.92 Å². The quantitative estimate of drug-likeness (QED) is 0.632. The molecule has 0 aromatic carbocycles. The third kappa shape index (κ3) is 3.81. The van der Waals surface area contributed by atoms with Gasteiger partial charge in [0.1, 0.15) is 0 Å². The Morgan fingerprint density at radius 2 is 1.86 bits per heavy atom. The van der Waals surface area contributed by atoms with E-state index in [1.807, 2.05) is 12.2 Å². The van der Waals surface area contributed by atoms with Gasteiger partial charge < -0.3 is 9.47 Å². The Morgan fingerprint density at radius 3 is 2.36 bits per heavy atom. The highest BCUT2D eigenvalue weighted by Gasteiger charge is 2.21. The lowest BCUT2D eigenvalue weighted by atomic mass is 9.99. The summed E-state index contributed by atoms with van der Waals surface area (Å²) in [7, 11) is 0. The van der Waals surface area contributed by atoms with Crippen LogP contribution in [0.5, 0.6) is 0 Å². The monoisotopic (exact) mass is 198 g/mol. The maximum atomic E-state index is 5.64. The van der Waals surface area contributed by atoms with Gasteiger partial charge in [-0.25, -0.2) is 0 Å². The molecule has 0 bridgehead atoms. The highest BCUT2D eigenvalue weighted by Crippen LogP contribution is 2.21. The normalized spacial score (nSPS) is 20.7. The first kappa shape index (κ1) is 11.7. The lowest BCUT2D eigenvalue weighted by molar-refractivity contribution is -0.156. The number of hydrogen-bond acceptors (Lipinski definition) is 2. The molecule has 1 rings (SSSR count). The summed E-state index contributed by atoms with van der Waals surface area (Å²) in [5, 5.41) is 0. The molecule has 0 radical (unpaired) electrons. The fraction of sp³-hybridized carbons (Fsp3) is 0.833. The number of hydrogen-bond donors (Lipinski definition) is 0. The van der Waals surface area contributed by atoms with Gasteiger partial charge in [-0.05, 0) is 12.8 Å². The maximum absolute atomic E-state index is 5.64. The van der Waals surface area contributed by atoms with Crippen LogP contribution >= 0.6 is 0 Å². The zero-order valence-corrected chi connectivity index (χ0v) is 9.37. The molecule has 0 saturated heterocycles. The molecule has 0 aliphatic carbocycles. The fourth-order valence-electron chi connectivity index (χ4n) is 1.76. The molecular weight excluding hydrogens is 176 g/mol. The van der Waals surface area contributed by atoms with Crippen molar-refractivity contribution in [1.82, 2.24) is 0 Å². The first-order valence-electron chi connectivity index (χ1n) is 5.76. The topological polar surface area (TPSA) is 18.5 Å². The molecule has 1 atom stereocenters. The molecule has 0 aromatic heterocycles. The fourth-order valence-corrected chi connectivity index (χ4v) is 1.76. The summed E-state index contributed by atoms with van der Waals surface area (Å²) in [6.45, 7) is 5.84. The molecule has 0 amide bonds. The first-order chi connectivity index (χ1) is 6.88. The number of unbranched alkanes of at least 4 members (excludes halogenated alkanes) is 1. The predicted octanol–water partition coefficient (Wildman–Crippen LogP) is 3.13. The molecule has 2 heteroatoms. The van der Waals surface area contributed by atoms with Crippen molar-refractivity contribution in [3.63, 3.8) is 0 Å². The van der Waals surface area contributed by atoms with Gasteiger partial charge in [0.05, 0.1) is 13.2 Å². The van der Waals surface area contributed by atoms with Gasteiger partial charge in [-0.2, -0.15) is 0 Å². The van der Waals surface area contributed by atoms with E-state index >= 15 is 0 Å². The van der Waals surface area contributed by atoms with E-state index in [0.29, 0.717) is 19.1 Å². The molecule has 14 heavy (non-hydrogen) atoms. The summed E-state index contributed by atoms with van der Waals surface area (Å²) in [5.74, 6) is 0.565. The van der Waals surface area contributed by atoms with Crippen molar-refractivity contribution in [3.05, 3.63) is 12.2 Å². The number of ether oxygens (including phenoxy) is 2. The summed E-state index contributed by atoms with van der Waals surface area (Å²) in [4.78, 5) is 0. The molecule has 1 aliphatic rings. The Bertz CT molecular complexity index is 156. The lowest BCUT2D eigenvalue weighted by Crippen LogP contribution is -2.26. The van der Waals surface area contributed by atoms with Crippen LogP contribution in [-0.4, -0.2) is 19.5 Å². The standard InChI is InChI=1S/C12H22O2/c1-3-5-8-11(4-2)12-13-9-6-7-10-14-12/h6-7,11-12H,3-5,8-10H2,1-2H3. The predicted molar refractivity (Wildman–Crippen MR) is 58.1 cm³/mol. The minimum atomic E-state index is 0.0153. The Kier molecular flexibility index (Phi) is 5.88. The van der Waals surface area contributed by atoms with Crippen molar-refractivity contribution in [2.75, 3.05) is 13.2 Å². The van der Waals surface area contributed by atoms with Crippen molar-refractivity contribution in [3.8, 4) is 0 Å². The smallest absolute Gasteiger partial charge is 0.161 e. The molecule has 2 nitrogen and oxygen atoms in total. The van der Waals surface area contributed by atoms with Crippen molar-refractivity contribution in [1.29, 1.82) is 0 Å². The van der Waals surface area contributed by atoms with E-state index in [1.54, 1.807) is 0 Å². The minimum Gasteiger partial charge on any atom is -0.348 e.